The molecule has 0 N–H and O–H groups in total. The van der Waals surface area contributed by atoms with Crippen molar-refractivity contribution in [3.05, 3.63) is 35.9 Å². The molecule has 0 saturated carbocycles. The number of amides is 3. The van der Waals surface area contributed by atoms with E-state index in [4.69, 9.17) is 0 Å². The molecular formula is C21H30N4O2. The molecule has 3 aliphatic rings. The van der Waals surface area contributed by atoms with E-state index in [1.54, 1.807) is 0 Å². The number of piperidine rings is 1. The molecule has 3 fully saturated rings. The zero-order valence-electron chi connectivity index (χ0n) is 16.4. The van der Waals surface area contributed by atoms with Gasteiger partial charge in [0.15, 0.2) is 0 Å². The summed E-state index contributed by atoms with van der Waals surface area (Å²) in [6.45, 7) is 4.99. The first-order chi connectivity index (χ1) is 13.0. The van der Waals surface area contributed by atoms with E-state index in [0.29, 0.717) is 0 Å². The van der Waals surface area contributed by atoms with Crippen LogP contribution in [0.15, 0.2) is 30.3 Å². The zero-order chi connectivity index (χ0) is 19.0. The standard InChI is InChI=1S/C21H30N4O2/c1-22-12-14-25(15-13-22)20(27)24-10-8-21(9-11-24)16-18(19(26)23(21)2)17-6-4-3-5-7-17/h3-7,18H,8-16H2,1-2H3/t18-/m0/s1. The third-order valence-corrected chi connectivity index (χ3v) is 6.86. The average Bonchev–Trinajstić information content (AvgIpc) is 2.95. The molecule has 3 saturated heterocycles. The third kappa shape index (κ3) is 3.31. The number of piperazine rings is 1. The van der Waals surface area contributed by atoms with Gasteiger partial charge in [0.05, 0.1) is 5.92 Å². The van der Waals surface area contributed by atoms with Crippen molar-refractivity contribution in [3.63, 3.8) is 0 Å². The van der Waals surface area contributed by atoms with Crippen LogP contribution in [0.1, 0.15) is 30.7 Å². The van der Waals surface area contributed by atoms with Gasteiger partial charge in [-0.15, -0.1) is 0 Å². The van der Waals surface area contributed by atoms with E-state index in [1.165, 1.54) is 0 Å². The van der Waals surface area contributed by atoms with Crippen molar-refractivity contribution in [2.75, 3.05) is 53.4 Å². The lowest BCUT2D eigenvalue weighted by Gasteiger charge is -2.45. The van der Waals surface area contributed by atoms with E-state index in [-0.39, 0.29) is 23.4 Å². The lowest BCUT2D eigenvalue weighted by molar-refractivity contribution is -0.131. The quantitative estimate of drug-likeness (QED) is 0.758. The summed E-state index contributed by atoms with van der Waals surface area (Å²) in [6, 6.07) is 10.3. The van der Waals surface area contributed by atoms with Crippen LogP contribution in [0.5, 0.6) is 0 Å². The van der Waals surface area contributed by atoms with Gasteiger partial charge in [-0.25, -0.2) is 4.79 Å². The Morgan fingerprint density at radius 1 is 0.926 bits per heavy atom. The van der Waals surface area contributed by atoms with Crippen LogP contribution in [0.4, 0.5) is 4.79 Å². The van der Waals surface area contributed by atoms with Crippen LogP contribution in [-0.4, -0.2) is 90.4 Å². The number of hydrogen-bond acceptors (Lipinski definition) is 3. The minimum atomic E-state index is -0.101. The first kappa shape index (κ1) is 18.3. The van der Waals surface area contributed by atoms with E-state index in [9.17, 15) is 9.59 Å². The molecule has 1 aromatic rings. The average molecular weight is 370 g/mol. The molecule has 146 valence electrons. The van der Waals surface area contributed by atoms with Crippen molar-refractivity contribution in [3.8, 4) is 0 Å². The Morgan fingerprint density at radius 2 is 1.52 bits per heavy atom. The molecule has 0 aromatic heterocycles. The molecule has 0 bridgehead atoms. The summed E-state index contributed by atoms with van der Waals surface area (Å²) in [4.78, 5) is 34.0. The molecule has 0 unspecified atom stereocenters. The van der Waals surface area contributed by atoms with Crippen molar-refractivity contribution in [2.24, 2.45) is 0 Å². The minimum Gasteiger partial charge on any atom is -0.339 e. The van der Waals surface area contributed by atoms with Crippen molar-refractivity contribution in [1.82, 2.24) is 19.6 Å². The minimum absolute atomic E-state index is 0.0453. The van der Waals surface area contributed by atoms with Gasteiger partial charge in [-0.1, -0.05) is 30.3 Å². The van der Waals surface area contributed by atoms with Crippen LogP contribution in [0.2, 0.25) is 0 Å². The van der Waals surface area contributed by atoms with E-state index >= 15 is 0 Å². The number of hydrogen-bond donors (Lipinski definition) is 0. The predicted octanol–water partition coefficient (Wildman–Crippen LogP) is 1.83. The van der Waals surface area contributed by atoms with Gasteiger partial charge in [0, 0.05) is 51.9 Å². The van der Waals surface area contributed by atoms with Gasteiger partial charge in [-0.05, 0) is 31.9 Å². The van der Waals surface area contributed by atoms with Crippen LogP contribution in [0, 0.1) is 0 Å². The van der Waals surface area contributed by atoms with Gasteiger partial charge in [0.1, 0.15) is 0 Å². The van der Waals surface area contributed by atoms with E-state index in [2.05, 4.69) is 24.1 Å². The van der Waals surface area contributed by atoms with E-state index in [0.717, 1.165) is 64.1 Å². The molecule has 27 heavy (non-hydrogen) atoms. The highest BCUT2D eigenvalue weighted by atomic mass is 16.2. The fraction of sp³-hybridized carbons (Fsp3) is 0.619. The van der Waals surface area contributed by atoms with Gasteiger partial charge in [0.25, 0.3) is 0 Å². The Labute approximate surface area is 161 Å². The number of urea groups is 1. The Balaban J connectivity index is 1.41. The Kier molecular flexibility index (Phi) is 4.84. The number of nitrogens with zero attached hydrogens (tertiary/aromatic N) is 4. The van der Waals surface area contributed by atoms with Crippen molar-refractivity contribution in [1.29, 1.82) is 0 Å². The number of likely N-dealkylation sites (N-methyl/N-ethyl adjacent to an activating group) is 2. The summed E-state index contributed by atoms with van der Waals surface area (Å²) < 4.78 is 0. The van der Waals surface area contributed by atoms with Crippen LogP contribution in [0.3, 0.4) is 0 Å². The predicted molar refractivity (Wildman–Crippen MR) is 105 cm³/mol. The first-order valence-corrected chi connectivity index (χ1v) is 10.1. The topological polar surface area (TPSA) is 47.1 Å². The molecule has 1 spiro atoms. The maximum Gasteiger partial charge on any atom is 0.320 e. The summed E-state index contributed by atoms with van der Waals surface area (Å²) in [5.74, 6) is 0.177. The molecule has 1 aromatic carbocycles. The number of carbonyl (C=O) groups is 2. The highest BCUT2D eigenvalue weighted by Crippen LogP contribution is 2.44. The normalized spacial score (nSPS) is 26.1. The Morgan fingerprint density at radius 3 is 2.15 bits per heavy atom. The molecule has 0 radical (unpaired) electrons. The summed E-state index contributed by atoms with van der Waals surface area (Å²) in [7, 11) is 4.05. The van der Waals surface area contributed by atoms with E-state index in [1.807, 2.05) is 39.9 Å². The van der Waals surface area contributed by atoms with Crippen LogP contribution in [0.25, 0.3) is 0 Å². The molecule has 3 heterocycles. The molecule has 1 atom stereocenters. The molecule has 0 aliphatic carbocycles. The number of benzene rings is 1. The smallest absolute Gasteiger partial charge is 0.320 e. The fourth-order valence-corrected chi connectivity index (χ4v) is 4.87. The molecule has 4 rings (SSSR count). The number of carbonyl (C=O) groups excluding carboxylic acids is 2. The third-order valence-electron chi connectivity index (χ3n) is 6.86. The molecule has 3 aliphatic heterocycles. The number of rotatable bonds is 1. The number of likely N-dealkylation sites (tertiary alicyclic amines) is 2. The van der Waals surface area contributed by atoms with Crippen molar-refractivity contribution in [2.45, 2.75) is 30.7 Å². The van der Waals surface area contributed by atoms with Gasteiger partial charge in [-0.3, -0.25) is 4.79 Å². The molecule has 3 amide bonds. The van der Waals surface area contributed by atoms with Crippen LogP contribution in [-0.2, 0) is 4.79 Å². The van der Waals surface area contributed by atoms with Gasteiger partial charge < -0.3 is 19.6 Å². The van der Waals surface area contributed by atoms with Gasteiger partial charge in [0.2, 0.25) is 5.91 Å². The second kappa shape index (κ2) is 7.15. The highest BCUT2D eigenvalue weighted by molar-refractivity contribution is 5.87. The van der Waals surface area contributed by atoms with Gasteiger partial charge in [-0.2, -0.15) is 0 Å². The highest BCUT2D eigenvalue weighted by Gasteiger charge is 2.51. The second-order valence-corrected chi connectivity index (χ2v) is 8.35. The lowest BCUT2D eigenvalue weighted by atomic mass is 9.81. The summed E-state index contributed by atoms with van der Waals surface area (Å²) in [5, 5.41) is 0. The monoisotopic (exact) mass is 370 g/mol. The summed E-state index contributed by atoms with van der Waals surface area (Å²) >= 11 is 0. The summed E-state index contributed by atoms with van der Waals surface area (Å²) in [5.41, 5.74) is 1.01. The summed E-state index contributed by atoms with van der Waals surface area (Å²) in [6.07, 6.45) is 2.61. The van der Waals surface area contributed by atoms with Crippen LogP contribution < -0.4 is 0 Å². The van der Waals surface area contributed by atoms with Crippen molar-refractivity contribution < 1.29 is 9.59 Å². The van der Waals surface area contributed by atoms with E-state index < -0.39 is 0 Å². The fourth-order valence-electron chi connectivity index (χ4n) is 4.87. The maximum atomic E-state index is 12.9. The lowest BCUT2D eigenvalue weighted by Crippen LogP contribution is -2.57. The molecule has 6 nitrogen and oxygen atoms in total. The largest absolute Gasteiger partial charge is 0.339 e. The molecular weight excluding hydrogens is 340 g/mol. The van der Waals surface area contributed by atoms with Crippen molar-refractivity contribution >= 4 is 11.9 Å². The maximum absolute atomic E-state index is 12.9. The Bertz CT molecular complexity index is 691. The second-order valence-electron chi connectivity index (χ2n) is 8.35. The van der Waals surface area contributed by atoms with Crippen LogP contribution >= 0.6 is 0 Å². The first-order valence-electron chi connectivity index (χ1n) is 10.1. The van der Waals surface area contributed by atoms with Gasteiger partial charge >= 0.3 is 6.03 Å². The molecule has 6 heteroatoms. The SMILES string of the molecule is CN1CCN(C(=O)N2CCC3(CC2)C[C@@H](c2ccccc2)C(=O)N3C)CC1. The zero-order valence-corrected chi connectivity index (χ0v) is 16.4. The Hall–Kier alpha value is -2.08.